The van der Waals surface area contributed by atoms with Crippen molar-refractivity contribution in [1.29, 1.82) is 0 Å². The Morgan fingerprint density at radius 1 is 0.800 bits per heavy atom. The normalized spacial score (nSPS) is 11.7. The Bertz CT molecular complexity index is 335. The maximum atomic E-state index is 11.7. The van der Waals surface area contributed by atoms with Crippen LogP contribution in [0, 0.1) is 5.92 Å². The molecular formula is C20H40KNO3. The van der Waals surface area contributed by atoms with E-state index in [0.29, 0.717) is 6.42 Å². The molecule has 0 saturated carbocycles. The molecule has 144 valence electrons. The van der Waals surface area contributed by atoms with E-state index in [1.165, 1.54) is 64.9 Å². The summed E-state index contributed by atoms with van der Waals surface area (Å²) in [7, 11) is 1.33. The monoisotopic (exact) mass is 381 g/mol. The maximum absolute atomic E-state index is 11.7. The molecule has 0 bridgehead atoms. The summed E-state index contributed by atoms with van der Waals surface area (Å²) in [6.45, 7) is 6.24. The van der Waals surface area contributed by atoms with Crippen molar-refractivity contribution in [3.63, 3.8) is 0 Å². The van der Waals surface area contributed by atoms with Crippen LogP contribution in [-0.2, 0) is 14.3 Å². The third kappa shape index (κ3) is 19.1. The summed E-state index contributed by atoms with van der Waals surface area (Å²) in [5.74, 6) is 0.387. The van der Waals surface area contributed by atoms with Crippen molar-refractivity contribution in [2.75, 3.05) is 7.11 Å². The molecule has 0 fully saturated rings. The number of nitrogens with one attached hydrogen (secondary N) is 1. The molecule has 0 aromatic heterocycles. The van der Waals surface area contributed by atoms with Crippen LogP contribution in [0.25, 0.3) is 0 Å². The third-order valence-corrected chi connectivity index (χ3v) is 4.37. The SMILES string of the molecule is COC(=O)[C@H](C)NC(=O)CCCCCCCCCCCCC(C)C.[KH]. The zero-order valence-corrected chi connectivity index (χ0v) is 16.4. The van der Waals surface area contributed by atoms with Crippen molar-refractivity contribution < 1.29 is 14.3 Å². The number of carbonyl (C=O) groups is 2. The van der Waals surface area contributed by atoms with Crippen LogP contribution in [0.2, 0.25) is 0 Å². The summed E-state index contributed by atoms with van der Waals surface area (Å²) in [4.78, 5) is 22.9. The van der Waals surface area contributed by atoms with Gasteiger partial charge in [0.05, 0.1) is 7.11 Å². The van der Waals surface area contributed by atoms with Gasteiger partial charge in [0.2, 0.25) is 5.91 Å². The van der Waals surface area contributed by atoms with Gasteiger partial charge in [-0.1, -0.05) is 78.1 Å². The Labute approximate surface area is 198 Å². The average molecular weight is 382 g/mol. The first-order valence-electron chi connectivity index (χ1n) is 9.84. The molecule has 0 saturated heterocycles. The summed E-state index contributed by atoms with van der Waals surface area (Å²) in [6, 6.07) is -0.553. The Balaban J connectivity index is 0. The molecule has 1 N–H and O–H groups in total. The van der Waals surface area contributed by atoms with Crippen molar-refractivity contribution in [2.24, 2.45) is 5.92 Å². The van der Waals surface area contributed by atoms with Crippen LogP contribution in [0.3, 0.4) is 0 Å². The topological polar surface area (TPSA) is 55.4 Å². The zero-order valence-electron chi connectivity index (χ0n) is 16.4. The van der Waals surface area contributed by atoms with Gasteiger partial charge in [-0.05, 0) is 19.3 Å². The number of esters is 1. The summed E-state index contributed by atoms with van der Waals surface area (Å²) in [5.41, 5.74) is 0. The van der Waals surface area contributed by atoms with E-state index in [2.05, 4.69) is 23.9 Å². The van der Waals surface area contributed by atoms with E-state index in [9.17, 15) is 9.59 Å². The van der Waals surface area contributed by atoms with Crippen LogP contribution >= 0.6 is 0 Å². The van der Waals surface area contributed by atoms with Crippen LogP contribution in [0.15, 0.2) is 0 Å². The second-order valence-electron chi connectivity index (χ2n) is 7.28. The fraction of sp³-hybridized carbons (Fsp3) is 0.900. The standard InChI is InChI=1S/C20H39NO3.K.H/c1-17(2)15-13-11-9-7-5-6-8-10-12-14-16-19(22)21-18(3)20(23)24-4;;/h17-18H,5-16H2,1-4H3,(H,21,22);;/t18-;;/m0../s1. The van der Waals surface area contributed by atoms with Gasteiger partial charge in [-0.2, -0.15) is 0 Å². The molecule has 0 aliphatic heterocycles. The molecule has 1 amide bonds. The minimum absolute atomic E-state index is 0. The number of ether oxygens (including phenoxy) is 1. The van der Waals surface area contributed by atoms with Crippen LogP contribution in [0.5, 0.6) is 0 Å². The fourth-order valence-corrected chi connectivity index (χ4v) is 2.80. The Morgan fingerprint density at radius 2 is 1.24 bits per heavy atom. The number of amides is 1. The van der Waals surface area contributed by atoms with Crippen molar-refractivity contribution in [2.45, 2.75) is 104 Å². The number of methoxy groups -OCH3 is 1. The summed E-state index contributed by atoms with van der Waals surface area (Å²) < 4.78 is 4.58. The van der Waals surface area contributed by atoms with Crippen LogP contribution < -0.4 is 5.32 Å². The van der Waals surface area contributed by atoms with E-state index in [-0.39, 0.29) is 57.3 Å². The van der Waals surface area contributed by atoms with Gasteiger partial charge in [0, 0.05) is 6.42 Å². The Kier molecular flexibility index (Phi) is 21.5. The average Bonchev–Trinajstić information content (AvgIpc) is 2.54. The summed E-state index contributed by atoms with van der Waals surface area (Å²) >= 11 is 0. The second-order valence-corrected chi connectivity index (χ2v) is 7.28. The molecule has 0 unspecified atom stereocenters. The molecule has 5 heteroatoms. The number of hydrogen-bond acceptors (Lipinski definition) is 3. The van der Waals surface area contributed by atoms with Crippen LogP contribution in [0.1, 0.15) is 97.8 Å². The minimum atomic E-state index is -0.553. The van der Waals surface area contributed by atoms with Crippen LogP contribution in [0.4, 0.5) is 0 Å². The Morgan fingerprint density at radius 3 is 1.68 bits per heavy atom. The fourth-order valence-electron chi connectivity index (χ4n) is 2.80. The Hall–Kier alpha value is 0.576. The van der Waals surface area contributed by atoms with Gasteiger partial charge >= 0.3 is 57.4 Å². The number of hydrogen-bond donors (Lipinski definition) is 1. The quantitative estimate of drug-likeness (QED) is 0.261. The molecule has 0 aliphatic rings. The zero-order chi connectivity index (χ0) is 18.2. The van der Waals surface area contributed by atoms with Gasteiger partial charge in [0.1, 0.15) is 6.04 Å². The molecule has 0 radical (unpaired) electrons. The molecular weight excluding hydrogens is 341 g/mol. The van der Waals surface area contributed by atoms with Crippen molar-refractivity contribution >= 4 is 63.3 Å². The van der Waals surface area contributed by atoms with E-state index in [1.54, 1.807) is 6.92 Å². The predicted octanol–water partition coefficient (Wildman–Crippen LogP) is 4.35. The van der Waals surface area contributed by atoms with Gasteiger partial charge in [-0.15, -0.1) is 0 Å². The van der Waals surface area contributed by atoms with Crippen molar-refractivity contribution in [1.82, 2.24) is 5.32 Å². The first-order chi connectivity index (χ1) is 11.5. The van der Waals surface area contributed by atoms with Crippen molar-refractivity contribution in [3.05, 3.63) is 0 Å². The summed E-state index contributed by atoms with van der Waals surface area (Å²) in [6.07, 6.45) is 14.5. The molecule has 4 nitrogen and oxygen atoms in total. The van der Waals surface area contributed by atoms with Crippen LogP contribution in [-0.4, -0.2) is 76.4 Å². The molecule has 0 rings (SSSR count). The molecule has 0 aromatic carbocycles. The van der Waals surface area contributed by atoms with Crippen molar-refractivity contribution in [3.8, 4) is 0 Å². The molecule has 0 spiro atoms. The van der Waals surface area contributed by atoms with Gasteiger partial charge < -0.3 is 10.1 Å². The van der Waals surface area contributed by atoms with E-state index >= 15 is 0 Å². The van der Waals surface area contributed by atoms with Gasteiger partial charge in [-0.25, -0.2) is 4.79 Å². The van der Waals surface area contributed by atoms with Gasteiger partial charge in [0.15, 0.2) is 0 Å². The first-order valence-corrected chi connectivity index (χ1v) is 9.84. The molecule has 1 atom stereocenters. The molecule has 0 aromatic rings. The number of rotatable bonds is 15. The van der Waals surface area contributed by atoms with Gasteiger partial charge in [-0.3, -0.25) is 4.79 Å². The third-order valence-electron chi connectivity index (χ3n) is 4.37. The van der Waals surface area contributed by atoms with E-state index in [4.69, 9.17) is 0 Å². The van der Waals surface area contributed by atoms with E-state index in [0.717, 1.165) is 18.8 Å². The number of carbonyl (C=O) groups excluding carboxylic acids is 2. The predicted molar refractivity (Wildman–Crippen MR) is 107 cm³/mol. The molecule has 25 heavy (non-hydrogen) atoms. The molecule has 0 aliphatic carbocycles. The van der Waals surface area contributed by atoms with Gasteiger partial charge in [0.25, 0.3) is 0 Å². The summed E-state index contributed by atoms with van der Waals surface area (Å²) in [5, 5.41) is 2.66. The molecule has 0 heterocycles. The first kappa shape index (κ1) is 27.8. The number of unbranched alkanes of at least 4 members (excludes halogenated alkanes) is 9. The second kappa shape index (κ2) is 19.3. The van der Waals surface area contributed by atoms with E-state index in [1.807, 2.05) is 0 Å². The van der Waals surface area contributed by atoms with E-state index < -0.39 is 12.0 Å².